The van der Waals surface area contributed by atoms with Crippen molar-refractivity contribution in [3.63, 3.8) is 0 Å². The number of hydrogen-bond donors (Lipinski definition) is 1. The van der Waals surface area contributed by atoms with Crippen LogP contribution in [-0.2, 0) is 9.59 Å². The summed E-state index contributed by atoms with van der Waals surface area (Å²) in [7, 11) is 3.06. The zero-order valence-corrected chi connectivity index (χ0v) is 17.3. The molecule has 154 valence electrons. The van der Waals surface area contributed by atoms with Crippen molar-refractivity contribution in [2.75, 3.05) is 25.7 Å². The van der Waals surface area contributed by atoms with Gasteiger partial charge in [0, 0.05) is 0 Å². The maximum Gasteiger partial charge on any atom is 0.270 e. The first-order valence-electron chi connectivity index (χ1n) is 8.95. The van der Waals surface area contributed by atoms with Crippen molar-refractivity contribution in [1.82, 2.24) is 5.32 Å². The molecule has 0 saturated carbocycles. The van der Waals surface area contributed by atoms with Gasteiger partial charge < -0.3 is 14.2 Å². The highest BCUT2D eigenvalue weighted by atomic mass is 32.1. The van der Waals surface area contributed by atoms with Gasteiger partial charge in [-0.05, 0) is 60.3 Å². The highest BCUT2D eigenvalue weighted by Crippen LogP contribution is 2.30. The second-order valence-electron chi connectivity index (χ2n) is 6.17. The molecule has 1 aliphatic heterocycles. The Morgan fingerprint density at radius 1 is 1.07 bits per heavy atom. The normalized spacial score (nSPS) is 15.1. The SMILES string of the molecule is C=CCOc1ccc(/C=C2\C(=O)NC(=S)N(c3ccc(OC)cc3)C2=O)cc1OC. The van der Waals surface area contributed by atoms with Crippen molar-refractivity contribution in [3.8, 4) is 17.2 Å². The summed E-state index contributed by atoms with van der Waals surface area (Å²) in [5.74, 6) is 0.540. The highest BCUT2D eigenvalue weighted by Gasteiger charge is 2.34. The first-order valence-corrected chi connectivity index (χ1v) is 9.36. The number of hydrogen-bond acceptors (Lipinski definition) is 6. The van der Waals surface area contributed by atoms with Crippen LogP contribution in [0.25, 0.3) is 6.08 Å². The number of amides is 2. The molecular formula is C22H20N2O5S. The summed E-state index contributed by atoms with van der Waals surface area (Å²) < 4.78 is 16.0. The molecule has 0 spiro atoms. The quantitative estimate of drug-likeness (QED) is 0.319. The van der Waals surface area contributed by atoms with Crippen LogP contribution in [-0.4, -0.2) is 37.8 Å². The van der Waals surface area contributed by atoms with Gasteiger partial charge in [0.05, 0.1) is 19.9 Å². The van der Waals surface area contributed by atoms with Crippen molar-refractivity contribution in [2.45, 2.75) is 0 Å². The van der Waals surface area contributed by atoms with Crippen molar-refractivity contribution < 1.29 is 23.8 Å². The summed E-state index contributed by atoms with van der Waals surface area (Å²) >= 11 is 5.21. The van der Waals surface area contributed by atoms with Gasteiger partial charge in [-0.25, -0.2) is 0 Å². The molecule has 3 rings (SSSR count). The maximum absolute atomic E-state index is 13.1. The van der Waals surface area contributed by atoms with E-state index >= 15 is 0 Å². The van der Waals surface area contributed by atoms with Crippen LogP contribution >= 0.6 is 12.2 Å². The number of carbonyl (C=O) groups excluding carboxylic acids is 2. The van der Waals surface area contributed by atoms with Gasteiger partial charge in [0.15, 0.2) is 16.6 Å². The maximum atomic E-state index is 13.1. The number of rotatable bonds is 7. The molecule has 0 aromatic heterocycles. The molecule has 0 radical (unpaired) electrons. The van der Waals surface area contributed by atoms with Crippen LogP contribution in [0.1, 0.15) is 5.56 Å². The first kappa shape index (κ1) is 21.1. The second-order valence-corrected chi connectivity index (χ2v) is 6.55. The Morgan fingerprint density at radius 2 is 1.80 bits per heavy atom. The Bertz CT molecular complexity index is 1030. The molecule has 1 heterocycles. The Kier molecular flexibility index (Phi) is 6.48. The van der Waals surface area contributed by atoms with Gasteiger partial charge in [-0.15, -0.1) is 0 Å². The summed E-state index contributed by atoms with van der Waals surface area (Å²) in [5, 5.41) is 2.57. The number of nitrogens with one attached hydrogen (secondary N) is 1. The van der Waals surface area contributed by atoms with Gasteiger partial charge >= 0.3 is 0 Å². The van der Waals surface area contributed by atoms with Crippen LogP contribution in [0.2, 0.25) is 0 Å². The first-order chi connectivity index (χ1) is 14.5. The molecule has 2 aromatic rings. The Labute approximate surface area is 179 Å². The highest BCUT2D eigenvalue weighted by molar-refractivity contribution is 7.80. The van der Waals surface area contributed by atoms with E-state index in [1.807, 2.05) is 0 Å². The van der Waals surface area contributed by atoms with Crippen LogP contribution in [0.15, 0.2) is 60.7 Å². The topological polar surface area (TPSA) is 77.1 Å². The summed E-state index contributed by atoms with van der Waals surface area (Å²) in [6, 6.07) is 11.9. The number of anilines is 1. The lowest BCUT2D eigenvalue weighted by Crippen LogP contribution is -2.54. The molecule has 2 aromatic carbocycles. The standard InChI is InChI=1S/C22H20N2O5S/c1-4-11-29-18-10-5-14(13-19(18)28-3)12-17-20(25)23-22(30)24(21(17)26)15-6-8-16(27-2)9-7-15/h4-10,12-13H,1,11H2,2-3H3,(H,23,25,30)/b17-12+. The number of methoxy groups -OCH3 is 2. The molecule has 1 fully saturated rings. The lowest BCUT2D eigenvalue weighted by atomic mass is 10.1. The third-order valence-electron chi connectivity index (χ3n) is 4.29. The van der Waals surface area contributed by atoms with Crippen molar-refractivity contribution in [2.24, 2.45) is 0 Å². The molecule has 1 aliphatic rings. The minimum Gasteiger partial charge on any atom is -0.497 e. The zero-order chi connectivity index (χ0) is 21.7. The van der Waals surface area contributed by atoms with Crippen molar-refractivity contribution in [3.05, 3.63) is 66.3 Å². The minimum absolute atomic E-state index is 0.0121. The third-order valence-corrected chi connectivity index (χ3v) is 4.57. The molecule has 0 atom stereocenters. The Balaban J connectivity index is 1.94. The van der Waals surface area contributed by atoms with Gasteiger partial charge in [-0.1, -0.05) is 18.7 Å². The molecule has 30 heavy (non-hydrogen) atoms. The van der Waals surface area contributed by atoms with E-state index in [0.717, 1.165) is 0 Å². The number of carbonyl (C=O) groups is 2. The third kappa shape index (κ3) is 4.33. The molecule has 0 aliphatic carbocycles. The monoisotopic (exact) mass is 424 g/mol. The van der Waals surface area contributed by atoms with E-state index in [4.69, 9.17) is 26.4 Å². The number of nitrogens with zero attached hydrogens (tertiary/aromatic N) is 1. The van der Waals surface area contributed by atoms with Crippen LogP contribution < -0.4 is 24.4 Å². The molecule has 1 saturated heterocycles. The van der Waals surface area contributed by atoms with E-state index in [2.05, 4.69) is 11.9 Å². The van der Waals surface area contributed by atoms with E-state index in [0.29, 0.717) is 35.1 Å². The average molecular weight is 424 g/mol. The van der Waals surface area contributed by atoms with Crippen LogP contribution in [0.3, 0.4) is 0 Å². The largest absolute Gasteiger partial charge is 0.497 e. The van der Waals surface area contributed by atoms with Crippen LogP contribution in [0, 0.1) is 0 Å². The molecule has 0 bridgehead atoms. The van der Waals surface area contributed by atoms with E-state index in [1.165, 1.54) is 18.1 Å². The molecule has 1 N–H and O–H groups in total. The predicted octanol–water partition coefficient (Wildman–Crippen LogP) is 3.10. The van der Waals surface area contributed by atoms with Crippen LogP contribution in [0.5, 0.6) is 17.2 Å². The summed E-state index contributed by atoms with van der Waals surface area (Å²) in [4.78, 5) is 26.8. The fraction of sp³-hybridized carbons (Fsp3) is 0.136. The van der Waals surface area contributed by atoms with Gasteiger partial charge in [-0.2, -0.15) is 0 Å². The minimum atomic E-state index is -0.569. The summed E-state index contributed by atoms with van der Waals surface area (Å²) in [5.41, 5.74) is 1.06. The number of benzene rings is 2. The number of ether oxygens (including phenoxy) is 3. The lowest BCUT2D eigenvalue weighted by Gasteiger charge is -2.29. The number of thiocarbonyl (C=S) groups is 1. The Hall–Kier alpha value is -3.65. The average Bonchev–Trinajstić information content (AvgIpc) is 2.75. The van der Waals surface area contributed by atoms with Gasteiger partial charge in [0.2, 0.25) is 0 Å². The van der Waals surface area contributed by atoms with E-state index in [1.54, 1.807) is 55.7 Å². The van der Waals surface area contributed by atoms with Crippen molar-refractivity contribution >= 4 is 40.9 Å². The molecule has 8 heteroatoms. The van der Waals surface area contributed by atoms with E-state index < -0.39 is 11.8 Å². The van der Waals surface area contributed by atoms with E-state index in [-0.39, 0.29) is 10.7 Å². The van der Waals surface area contributed by atoms with Gasteiger partial charge in [0.25, 0.3) is 11.8 Å². The fourth-order valence-corrected chi connectivity index (χ4v) is 3.11. The smallest absolute Gasteiger partial charge is 0.270 e. The lowest BCUT2D eigenvalue weighted by molar-refractivity contribution is -0.122. The van der Waals surface area contributed by atoms with Crippen LogP contribution in [0.4, 0.5) is 5.69 Å². The second kappa shape index (κ2) is 9.23. The molecule has 0 unspecified atom stereocenters. The predicted molar refractivity (Wildman–Crippen MR) is 118 cm³/mol. The fourth-order valence-electron chi connectivity index (χ4n) is 2.83. The summed E-state index contributed by atoms with van der Waals surface area (Å²) in [6.07, 6.45) is 3.10. The van der Waals surface area contributed by atoms with Crippen molar-refractivity contribution in [1.29, 1.82) is 0 Å². The Morgan fingerprint density at radius 3 is 2.43 bits per heavy atom. The molecule has 2 amide bonds. The van der Waals surface area contributed by atoms with Gasteiger partial charge in [0.1, 0.15) is 17.9 Å². The molecule has 7 nitrogen and oxygen atoms in total. The molecular weight excluding hydrogens is 404 g/mol. The van der Waals surface area contributed by atoms with E-state index in [9.17, 15) is 9.59 Å². The van der Waals surface area contributed by atoms with Gasteiger partial charge in [-0.3, -0.25) is 19.8 Å². The zero-order valence-electron chi connectivity index (χ0n) is 16.5. The summed E-state index contributed by atoms with van der Waals surface area (Å²) in [6.45, 7) is 3.94.